The minimum absolute atomic E-state index is 0.0816. The molecule has 0 saturated carbocycles. The number of aromatic nitrogens is 1. The van der Waals surface area contributed by atoms with Gasteiger partial charge in [0, 0.05) is 38.9 Å². The van der Waals surface area contributed by atoms with Crippen LogP contribution in [0.1, 0.15) is 47.6 Å². The van der Waals surface area contributed by atoms with Gasteiger partial charge in [-0.05, 0) is 42.7 Å². The Kier molecular flexibility index (Phi) is 7.96. The third kappa shape index (κ3) is 5.78. The van der Waals surface area contributed by atoms with Crippen molar-refractivity contribution in [2.24, 2.45) is 0 Å². The lowest BCUT2D eigenvalue weighted by Gasteiger charge is -2.35. The van der Waals surface area contributed by atoms with E-state index in [0.29, 0.717) is 25.3 Å². The monoisotopic (exact) mass is 438 g/mol. The second kappa shape index (κ2) is 11.3. The molecule has 2 aliphatic heterocycles. The van der Waals surface area contributed by atoms with Gasteiger partial charge in [-0.15, -0.1) is 0 Å². The number of hydrogen-bond donors (Lipinski definition) is 1. The molecule has 1 N–H and O–H groups in total. The van der Waals surface area contributed by atoms with E-state index < -0.39 is 0 Å². The van der Waals surface area contributed by atoms with E-state index in [4.69, 9.17) is 9.47 Å². The third-order valence-corrected chi connectivity index (χ3v) is 6.38. The summed E-state index contributed by atoms with van der Waals surface area (Å²) in [6.45, 7) is 5.73. The van der Waals surface area contributed by atoms with Crippen molar-refractivity contribution < 1.29 is 14.3 Å². The van der Waals surface area contributed by atoms with Crippen molar-refractivity contribution >= 4 is 11.7 Å². The number of hydrogen-bond acceptors (Lipinski definition) is 6. The van der Waals surface area contributed by atoms with Gasteiger partial charge in [0.25, 0.3) is 5.91 Å². The molecular weight excluding hydrogens is 404 g/mol. The number of amides is 1. The van der Waals surface area contributed by atoms with Gasteiger partial charge in [0.05, 0.1) is 31.9 Å². The van der Waals surface area contributed by atoms with Crippen LogP contribution in [0.5, 0.6) is 5.75 Å². The van der Waals surface area contributed by atoms with Gasteiger partial charge in [-0.3, -0.25) is 9.69 Å². The molecule has 1 aromatic heterocycles. The summed E-state index contributed by atoms with van der Waals surface area (Å²) in [5.41, 5.74) is 1.75. The van der Waals surface area contributed by atoms with Crippen molar-refractivity contribution in [3.63, 3.8) is 0 Å². The zero-order chi connectivity index (χ0) is 22.2. The second-order valence-electron chi connectivity index (χ2n) is 8.45. The number of carbonyl (C=O) groups is 1. The highest BCUT2D eigenvalue weighted by atomic mass is 16.5. The molecule has 0 bridgehead atoms. The SMILES string of the molecule is COc1ccc([C@H](CNC(=O)c2ccc(N3CCCCCC3)nc2)N2CCOCC2)cc1. The lowest BCUT2D eigenvalue weighted by molar-refractivity contribution is 0.0162. The zero-order valence-electron chi connectivity index (χ0n) is 19.0. The Labute approximate surface area is 190 Å². The van der Waals surface area contributed by atoms with E-state index in [0.717, 1.165) is 43.3 Å². The molecule has 1 aromatic carbocycles. The van der Waals surface area contributed by atoms with Gasteiger partial charge in [-0.1, -0.05) is 25.0 Å². The van der Waals surface area contributed by atoms with Crippen LogP contribution in [0.3, 0.4) is 0 Å². The van der Waals surface area contributed by atoms with Crippen molar-refractivity contribution in [3.8, 4) is 5.75 Å². The summed E-state index contributed by atoms with van der Waals surface area (Å²) in [5.74, 6) is 1.70. The van der Waals surface area contributed by atoms with Crippen LogP contribution in [-0.4, -0.2) is 68.8 Å². The van der Waals surface area contributed by atoms with E-state index in [1.165, 1.54) is 25.7 Å². The molecule has 7 heteroatoms. The minimum Gasteiger partial charge on any atom is -0.497 e. The molecule has 0 aliphatic carbocycles. The molecule has 2 aromatic rings. The van der Waals surface area contributed by atoms with Crippen molar-refractivity contribution in [2.45, 2.75) is 31.7 Å². The Morgan fingerprint density at radius 1 is 1.03 bits per heavy atom. The van der Waals surface area contributed by atoms with Crippen molar-refractivity contribution in [3.05, 3.63) is 53.7 Å². The average molecular weight is 439 g/mol. The van der Waals surface area contributed by atoms with E-state index in [1.54, 1.807) is 13.3 Å². The van der Waals surface area contributed by atoms with Crippen LogP contribution in [0.15, 0.2) is 42.6 Å². The summed E-state index contributed by atoms with van der Waals surface area (Å²) in [6, 6.07) is 12.0. The van der Waals surface area contributed by atoms with E-state index in [1.807, 2.05) is 24.3 Å². The number of pyridine rings is 1. The quantitative estimate of drug-likeness (QED) is 0.716. The van der Waals surface area contributed by atoms with Gasteiger partial charge >= 0.3 is 0 Å². The first-order valence-electron chi connectivity index (χ1n) is 11.7. The highest BCUT2D eigenvalue weighted by Gasteiger charge is 2.23. The van der Waals surface area contributed by atoms with Crippen LogP contribution in [-0.2, 0) is 4.74 Å². The predicted molar refractivity (Wildman–Crippen MR) is 125 cm³/mol. The molecule has 0 spiro atoms. The maximum absolute atomic E-state index is 12.9. The fraction of sp³-hybridized carbons (Fsp3) is 0.520. The molecule has 0 unspecified atom stereocenters. The second-order valence-corrected chi connectivity index (χ2v) is 8.45. The summed E-state index contributed by atoms with van der Waals surface area (Å²) < 4.78 is 10.8. The summed E-state index contributed by atoms with van der Waals surface area (Å²) in [6.07, 6.45) is 6.69. The molecular formula is C25H34N4O3. The molecule has 1 atom stereocenters. The van der Waals surface area contributed by atoms with E-state index in [9.17, 15) is 4.79 Å². The molecule has 172 valence electrons. The van der Waals surface area contributed by atoms with Gasteiger partial charge in [0.2, 0.25) is 0 Å². The van der Waals surface area contributed by atoms with Crippen molar-refractivity contribution in [1.29, 1.82) is 0 Å². The molecule has 2 saturated heterocycles. The van der Waals surface area contributed by atoms with Gasteiger partial charge in [-0.25, -0.2) is 4.98 Å². The molecule has 7 nitrogen and oxygen atoms in total. The van der Waals surface area contributed by atoms with Gasteiger partial charge < -0.3 is 19.7 Å². The molecule has 1 amide bonds. The number of morpholine rings is 1. The van der Waals surface area contributed by atoms with E-state index >= 15 is 0 Å². The fourth-order valence-corrected chi connectivity index (χ4v) is 4.47. The summed E-state index contributed by atoms with van der Waals surface area (Å²) in [4.78, 5) is 22.2. The number of carbonyl (C=O) groups excluding carboxylic acids is 1. The largest absolute Gasteiger partial charge is 0.497 e. The molecule has 4 rings (SSSR count). The van der Waals surface area contributed by atoms with Crippen LogP contribution in [0.2, 0.25) is 0 Å². The summed E-state index contributed by atoms with van der Waals surface area (Å²) >= 11 is 0. The van der Waals surface area contributed by atoms with Crippen LogP contribution in [0.4, 0.5) is 5.82 Å². The Hall–Kier alpha value is -2.64. The van der Waals surface area contributed by atoms with Crippen LogP contribution >= 0.6 is 0 Å². The topological polar surface area (TPSA) is 66.9 Å². The number of rotatable bonds is 7. The Balaban J connectivity index is 1.40. The zero-order valence-corrected chi connectivity index (χ0v) is 19.0. The van der Waals surface area contributed by atoms with E-state index in [-0.39, 0.29) is 11.9 Å². The number of methoxy groups -OCH3 is 1. The Morgan fingerprint density at radius 3 is 2.38 bits per heavy atom. The van der Waals surface area contributed by atoms with Crippen molar-refractivity contribution in [2.75, 3.05) is 57.9 Å². The first-order valence-corrected chi connectivity index (χ1v) is 11.7. The van der Waals surface area contributed by atoms with Crippen LogP contribution < -0.4 is 15.0 Å². The smallest absolute Gasteiger partial charge is 0.252 e. The first kappa shape index (κ1) is 22.6. The average Bonchev–Trinajstić information content (AvgIpc) is 3.15. The molecule has 32 heavy (non-hydrogen) atoms. The lowest BCUT2D eigenvalue weighted by Crippen LogP contribution is -2.43. The highest BCUT2D eigenvalue weighted by molar-refractivity contribution is 5.94. The Morgan fingerprint density at radius 2 is 1.75 bits per heavy atom. The number of benzene rings is 1. The number of nitrogens with zero attached hydrogens (tertiary/aromatic N) is 3. The van der Waals surface area contributed by atoms with Gasteiger partial charge in [0.15, 0.2) is 0 Å². The minimum atomic E-state index is -0.0910. The number of ether oxygens (including phenoxy) is 2. The fourth-order valence-electron chi connectivity index (χ4n) is 4.47. The molecule has 2 fully saturated rings. The number of anilines is 1. The normalized spacial score (nSPS) is 18.6. The van der Waals surface area contributed by atoms with Gasteiger partial charge in [0.1, 0.15) is 11.6 Å². The molecule has 0 radical (unpaired) electrons. The highest BCUT2D eigenvalue weighted by Crippen LogP contribution is 2.24. The summed E-state index contributed by atoms with van der Waals surface area (Å²) in [5, 5.41) is 3.13. The van der Waals surface area contributed by atoms with E-state index in [2.05, 4.69) is 32.2 Å². The first-order chi connectivity index (χ1) is 15.7. The van der Waals surface area contributed by atoms with Crippen LogP contribution in [0.25, 0.3) is 0 Å². The standard InChI is InChI=1S/C25H34N4O3/c1-31-22-9-6-20(7-10-22)23(28-14-16-32-17-15-28)19-27-25(30)21-8-11-24(26-18-21)29-12-4-2-3-5-13-29/h6-11,18,23H,2-5,12-17,19H2,1H3,(H,27,30)/t23-/m0/s1. The molecule has 3 heterocycles. The Bertz CT molecular complexity index is 842. The summed E-state index contributed by atoms with van der Waals surface area (Å²) in [7, 11) is 1.67. The maximum Gasteiger partial charge on any atom is 0.252 e. The van der Waals surface area contributed by atoms with Crippen LogP contribution in [0, 0.1) is 0 Å². The third-order valence-electron chi connectivity index (χ3n) is 6.38. The lowest BCUT2D eigenvalue weighted by atomic mass is 10.0. The number of nitrogens with one attached hydrogen (secondary N) is 1. The molecule has 2 aliphatic rings. The maximum atomic E-state index is 12.9. The van der Waals surface area contributed by atoms with Gasteiger partial charge in [-0.2, -0.15) is 0 Å². The predicted octanol–water partition coefficient (Wildman–Crippen LogP) is 3.27. The van der Waals surface area contributed by atoms with Crippen molar-refractivity contribution in [1.82, 2.24) is 15.2 Å².